The average molecular weight is 310 g/mol. The van der Waals surface area contributed by atoms with E-state index in [9.17, 15) is 13.7 Å². The first-order chi connectivity index (χ1) is 9.41. The fourth-order valence-electron chi connectivity index (χ4n) is 2.07. The Kier molecular flexibility index (Phi) is 4.11. The summed E-state index contributed by atoms with van der Waals surface area (Å²) in [5.41, 5.74) is -1.05. The average Bonchev–Trinajstić information content (AvgIpc) is 2.91. The molecule has 6 nitrogen and oxygen atoms in total. The Morgan fingerprint density at radius 1 is 1.35 bits per heavy atom. The van der Waals surface area contributed by atoms with E-state index in [1.54, 1.807) is 0 Å². The van der Waals surface area contributed by atoms with Crippen LogP contribution in [0, 0.1) is 22.7 Å². The van der Waals surface area contributed by atoms with Crippen LogP contribution in [0.3, 0.4) is 0 Å². The number of hydrogen-bond donors (Lipinski definition) is 1. The predicted molar refractivity (Wildman–Crippen MR) is 74.4 cm³/mol. The molecular formula is C12H14N4O2S2. The van der Waals surface area contributed by atoms with E-state index in [1.165, 1.54) is 12.1 Å². The van der Waals surface area contributed by atoms with Gasteiger partial charge >= 0.3 is 0 Å². The number of rotatable bonds is 3. The van der Waals surface area contributed by atoms with Gasteiger partial charge < -0.3 is 4.90 Å². The normalized spacial score (nSPS) is 19.1. The lowest BCUT2D eigenvalue weighted by Gasteiger charge is -2.35. The molecule has 1 aromatic rings. The van der Waals surface area contributed by atoms with Crippen molar-refractivity contribution >= 4 is 21.4 Å². The van der Waals surface area contributed by atoms with Crippen LogP contribution in [-0.2, 0) is 10.0 Å². The second-order valence-electron chi connectivity index (χ2n) is 4.83. The summed E-state index contributed by atoms with van der Waals surface area (Å²) >= 11 is 0.907. The summed E-state index contributed by atoms with van der Waals surface area (Å²) < 4.78 is 27.2. The summed E-state index contributed by atoms with van der Waals surface area (Å²) in [6.45, 7) is 1.34. The lowest BCUT2D eigenvalue weighted by molar-refractivity contribution is 0.213. The van der Waals surface area contributed by atoms with Gasteiger partial charge in [-0.2, -0.15) is 15.2 Å². The molecule has 1 N–H and O–H groups in total. The molecule has 0 aromatic carbocycles. The number of piperidine rings is 1. The Hall–Kier alpha value is -1.45. The second-order valence-corrected chi connectivity index (χ2v) is 7.83. The number of thiophene rings is 1. The molecule has 0 bridgehead atoms. The third-order valence-corrected chi connectivity index (χ3v) is 6.36. The monoisotopic (exact) mass is 310 g/mol. The summed E-state index contributed by atoms with van der Waals surface area (Å²) in [7, 11) is -1.82. The molecule has 106 valence electrons. The minimum absolute atomic E-state index is 0.0719. The standard InChI is InChI=1S/C12H14N4O2S2/c1-16-6-4-12(9-14,5-7-16)15-20(17,18)11-3-2-10(8-13)19-11/h2-3,15H,4-7H2,1H3. The number of sulfonamides is 1. The van der Waals surface area contributed by atoms with Crippen LogP contribution in [0.2, 0.25) is 0 Å². The highest BCUT2D eigenvalue weighted by atomic mass is 32.2. The quantitative estimate of drug-likeness (QED) is 0.894. The zero-order valence-electron chi connectivity index (χ0n) is 11.0. The molecule has 0 amide bonds. The van der Waals surface area contributed by atoms with Crippen molar-refractivity contribution in [3.8, 4) is 12.1 Å². The zero-order valence-corrected chi connectivity index (χ0v) is 12.6. The molecule has 1 aromatic heterocycles. The lowest BCUT2D eigenvalue weighted by Crippen LogP contribution is -2.53. The predicted octanol–water partition coefficient (Wildman–Crippen LogP) is 0.886. The third kappa shape index (κ3) is 3.00. The Bertz CT molecular complexity index is 673. The summed E-state index contributed by atoms with van der Waals surface area (Å²) in [5, 5.41) is 18.1. The first-order valence-electron chi connectivity index (χ1n) is 6.04. The second kappa shape index (κ2) is 5.51. The number of likely N-dealkylation sites (tertiary alicyclic amines) is 1. The summed E-state index contributed by atoms with van der Waals surface area (Å²) in [4.78, 5) is 2.39. The molecule has 1 aliphatic rings. The van der Waals surface area contributed by atoms with E-state index >= 15 is 0 Å². The van der Waals surface area contributed by atoms with Gasteiger partial charge in [-0.05, 0) is 32.0 Å². The maximum absolute atomic E-state index is 12.3. The summed E-state index contributed by atoms with van der Waals surface area (Å²) in [6.07, 6.45) is 0.908. The number of hydrogen-bond acceptors (Lipinski definition) is 6. The Morgan fingerprint density at radius 2 is 2.00 bits per heavy atom. The maximum Gasteiger partial charge on any atom is 0.251 e. The van der Waals surface area contributed by atoms with Gasteiger partial charge in [-0.15, -0.1) is 11.3 Å². The van der Waals surface area contributed by atoms with Gasteiger partial charge in [0.05, 0.1) is 6.07 Å². The topological polar surface area (TPSA) is 97.0 Å². The van der Waals surface area contributed by atoms with Crippen LogP contribution < -0.4 is 4.72 Å². The van der Waals surface area contributed by atoms with Crippen LogP contribution in [0.1, 0.15) is 17.7 Å². The molecule has 2 heterocycles. The third-order valence-electron chi connectivity index (χ3n) is 3.34. The van der Waals surface area contributed by atoms with Gasteiger partial charge in [0, 0.05) is 13.1 Å². The molecule has 1 aliphatic heterocycles. The van der Waals surface area contributed by atoms with Crippen LogP contribution in [-0.4, -0.2) is 39.0 Å². The smallest absolute Gasteiger partial charge is 0.251 e. The van der Waals surface area contributed by atoms with E-state index < -0.39 is 15.6 Å². The summed E-state index contributed by atoms with van der Waals surface area (Å²) in [5.74, 6) is 0. The first kappa shape index (κ1) is 14.9. The molecule has 20 heavy (non-hydrogen) atoms. The molecule has 8 heteroatoms. The van der Waals surface area contributed by atoms with Crippen molar-refractivity contribution in [2.45, 2.75) is 22.6 Å². The van der Waals surface area contributed by atoms with Crippen LogP contribution in [0.15, 0.2) is 16.3 Å². The molecule has 0 radical (unpaired) electrons. The minimum Gasteiger partial charge on any atom is -0.306 e. The van der Waals surface area contributed by atoms with E-state index in [2.05, 4.69) is 15.7 Å². The fraction of sp³-hybridized carbons (Fsp3) is 0.500. The number of nitrogens with zero attached hydrogens (tertiary/aromatic N) is 3. The Balaban J connectivity index is 2.23. The van der Waals surface area contributed by atoms with Crippen LogP contribution in [0.25, 0.3) is 0 Å². The molecule has 0 atom stereocenters. The Morgan fingerprint density at radius 3 is 2.50 bits per heavy atom. The van der Waals surface area contributed by atoms with Crippen LogP contribution in [0.5, 0.6) is 0 Å². The van der Waals surface area contributed by atoms with Gasteiger partial charge in [-0.1, -0.05) is 0 Å². The largest absolute Gasteiger partial charge is 0.306 e. The minimum atomic E-state index is -3.76. The van der Waals surface area contributed by atoms with E-state index in [1.807, 2.05) is 13.1 Å². The molecule has 2 rings (SSSR count). The van der Waals surface area contributed by atoms with Gasteiger partial charge in [-0.25, -0.2) is 8.42 Å². The van der Waals surface area contributed by atoms with Crippen LogP contribution in [0.4, 0.5) is 0 Å². The molecular weight excluding hydrogens is 296 g/mol. The van der Waals surface area contributed by atoms with Gasteiger partial charge in [0.15, 0.2) is 0 Å². The molecule has 1 saturated heterocycles. The highest BCUT2D eigenvalue weighted by Gasteiger charge is 2.38. The summed E-state index contributed by atoms with van der Waals surface area (Å²) in [6, 6.07) is 6.87. The van der Waals surface area contributed by atoms with Crippen molar-refractivity contribution in [1.82, 2.24) is 9.62 Å². The van der Waals surface area contributed by atoms with Crippen molar-refractivity contribution < 1.29 is 8.42 Å². The van der Waals surface area contributed by atoms with Crippen molar-refractivity contribution in [1.29, 1.82) is 10.5 Å². The first-order valence-corrected chi connectivity index (χ1v) is 8.34. The number of nitrogens with one attached hydrogen (secondary N) is 1. The van der Waals surface area contributed by atoms with Gasteiger partial charge in [0.25, 0.3) is 10.0 Å². The van der Waals surface area contributed by atoms with Gasteiger partial charge in [-0.3, -0.25) is 0 Å². The fourth-order valence-corrected chi connectivity index (χ4v) is 4.55. The van der Waals surface area contributed by atoms with Gasteiger partial charge in [0.2, 0.25) is 0 Å². The highest BCUT2D eigenvalue weighted by Crippen LogP contribution is 2.26. The van der Waals surface area contributed by atoms with E-state index in [-0.39, 0.29) is 4.21 Å². The SMILES string of the molecule is CN1CCC(C#N)(NS(=O)(=O)c2ccc(C#N)s2)CC1. The maximum atomic E-state index is 12.3. The molecule has 0 aliphatic carbocycles. The van der Waals surface area contributed by atoms with Crippen molar-refractivity contribution in [3.05, 3.63) is 17.0 Å². The molecule has 0 saturated carbocycles. The van der Waals surface area contributed by atoms with Crippen molar-refractivity contribution in [2.24, 2.45) is 0 Å². The molecule has 0 unspecified atom stereocenters. The van der Waals surface area contributed by atoms with Crippen molar-refractivity contribution in [3.63, 3.8) is 0 Å². The lowest BCUT2D eigenvalue weighted by atomic mass is 9.91. The van der Waals surface area contributed by atoms with Gasteiger partial charge in [0.1, 0.15) is 20.7 Å². The van der Waals surface area contributed by atoms with E-state index in [4.69, 9.17) is 5.26 Å². The van der Waals surface area contributed by atoms with E-state index in [0.29, 0.717) is 30.8 Å². The Labute approximate surface area is 122 Å². The number of nitriles is 2. The zero-order chi connectivity index (χ0) is 14.8. The van der Waals surface area contributed by atoms with E-state index in [0.717, 1.165) is 11.3 Å². The molecule has 0 spiro atoms. The highest BCUT2D eigenvalue weighted by molar-refractivity contribution is 7.91. The van der Waals surface area contributed by atoms with Crippen molar-refractivity contribution in [2.75, 3.05) is 20.1 Å². The van der Waals surface area contributed by atoms with Crippen LogP contribution >= 0.6 is 11.3 Å². The molecule has 1 fully saturated rings.